The van der Waals surface area contributed by atoms with E-state index < -0.39 is 0 Å². The van der Waals surface area contributed by atoms with E-state index in [0.717, 1.165) is 6.42 Å². The van der Waals surface area contributed by atoms with Gasteiger partial charge < -0.3 is 19.6 Å². The molecule has 1 unspecified atom stereocenters. The summed E-state index contributed by atoms with van der Waals surface area (Å²) >= 11 is 0. The van der Waals surface area contributed by atoms with Gasteiger partial charge >= 0.3 is 0 Å². The van der Waals surface area contributed by atoms with Crippen molar-refractivity contribution in [3.05, 3.63) is 23.3 Å². The Morgan fingerprint density at radius 3 is 2.67 bits per heavy atom. The van der Waals surface area contributed by atoms with Crippen LogP contribution in [0.4, 0.5) is 0 Å². The number of aromatic hydroxyl groups is 1. The molecule has 0 bridgehead atoms. The number of likely N-dealkylation sites (N-methyl/N-ethyl adjacent to an activating group) is 1. The Labute approximate surface area is 127 Å². The first-order valence-electron chi connectivity index (χ1n) is 8.24. The van der Waals surface area contributed by atoms with Crippen LogP contribution < -0.4 is 14.5 Å². The van der Waals surface area contributed by atoms with Gasteiger partial charge in [-0.05, 0) is 37.0 Å². The van der Waals surface area contributed by atoms with Crippen molar-refractivity contribution in [1.82, 2.24) is 0 Å². The molecule has 116 valence electrons. The minimum atomic E-state index is 0.282. The van der Waals surface area contributed by atoms with E-state index in [1.54, 1.807) is 16.9 Å². The van der Waals surface area contributed by atoms with E-state index in [4.69, 9.17) is 4.74 Å². The average molecular weight is 292 g/mol. The number of ether oxygens (including phenoxy) is 1. The molecule has 0 saturated carbocycles. The van der Waals surface area contributed by atoms with E-state index in [2.05, 4.69) is 7.05 Å². The minimum absolute atomic E-state index is 0.282. The molecule has 1 fully saturated rings. The summed E-state index contributed by atoms with van der Waals surface area (Å²) in [6, 6.07) is 4.49. The highest BCUT2D eigenvalue weighted by Crippen LogP contribution is 2.32. The van der Waals surface area contributed by atoms with Gasteiger partial charge in [0.25, 0.3) is 0 Å². The van der Waals surface area contributed by atoms with E-state index in [1.165, 1.54) is 56.6 Å². The van der Waals surface area contributed by atoms with E-state index in [-0.39, 0.29) is 5.75 Å². The fraction of sp³-hybridized carbons (Fsp3) is 0.647. The van der Waals surface area contributed by atoms with Crippen molar-refractivity contribution < 1.29 is 19.6 Å². The quantitative estimate of drug-likeness (QED) is 0.708. The zero-order valence-electron chi connectivity index (χ0n) is 13.2. The lowest BCUT2D eigenvalue weighted by atomic mass is 9.91. The van der Waals surface area contributed by atoms with Gasteiger partial charge in [0.15, 0.2) is 17.5 Å². The van der Waals surface area contributed by atoms with Gasteiger partial charge in [0.1, 0.15) is 6.54 Å². The van der Waals surface area contributed by atoms with Gasteiger partial charge in [-0.1, -0.05) is 0 Å². The van der Waals surface area contributed by atoms with Crippen molar-refractivity contribution in [2.45, 2.75) is 31.7 Å². The number of piperidine rings is 1. The maximum Gasteiger partial charge on any atom is 0.163 e. The van der Waals surface area contributed by atoms with Crippen molar-refractivity contribution >= 4 is 0 Å². The van der Waals surface area contributed by atoms with E-state index in [0.29, 0.717) is 11.8 Å². The predicted molar refractivity (Wildman–Crippen MR) is 82.3 cm³/mol. The molecule has 2 aliphatic rings. The van der Waals surface area contributed by atoms with Gasteiger partial charge in [-0.2, -0.15) is 0 Å². The monoisotopic (exact) mass is 292 g/mol. The van der Waals surface area contributed by atoms with E-state index in [1.807, 2.05) is 12.1 Å². The number of likely N-dealkylation sites (tertiary alicyclic amines) is 1. The van der Waals surface area contributed by atoms with Crippen LogP contribution in [-0.2, 0) is 6.42 Å². The molecule has 3 rings (SSSR count). The number of rotatable bonds is 3. The molecule has 2 heterocycles. The van der Waals surface area contributed by atoms with Gasteiger partial charge in [-0.15, -0.1) is 0 Å². The van der Waals surface area contributed by atoms with Crippen LogP contribution in [0.1, 0.15) is 36.4 Å². The van der Waals surface area contributed by atoms with Gasteiger partial charge in [0, 0.05) is 12.0 Å². The highest BCUT2D eigenvalue weighted by Gasteiger charge is 2.33. The molecule has 21 heavy (non-hydrogen) atoms. The lowest BCUT2D eigenvalue weighted by molar-refractivity contribution is -0.975. The second-order valence-corrected chi connectivity index (χ2v) is 6.64. The Hall–Kier alpha value is -1.26. The summed E-state index contributed by atoms with van der Waals surface area (Å²) in [5.41, 5.74) is 2.69. The Balaban J connectivity index is 1.85. The van der Waals surface area contributed by atoms with Gasteiger partial charge in [-0.25, -0.2) is 0 Å². The first-order valence-corrected chi connectivity index (χ1v) is 8.24. The van der Waals surface area contributed by atoms with Gasteiger partial charge in [-0.3, -0.25) is 0 Å². The Morgan fingerprint density at radius 1 is 1.19 bits per heavy atom. The summed E-state index contributed by atoms with van der Waals surface area (Å²) in [5, 5.41) is 10.1. The number of benzene rings is 1. The number of phenols is 1. The topological polar surface area (TPSA) is 38.3 Å². The molecule has 0 aliphatic carbocycles. The SMILES string of the molecule is COc1cc2c(cc1O)[C@H](C[NH+]1CCCCC1)[NH+](C)CC2. The highest BCUT2D eigenvalue weighted by molar-refractivity contribution is 5.47. The molecule has 0 spiro atoms. The summed E-state index contributed by atoms with van der Waals surface area (Å²) in [6.07, 6.45) is 5.19. The van der Waals surface area contributed by atoms with Crippen LogP contribution in [-0.4, -0.2) is 45.4 Å². The molecule has 0 amide bonds. The Bertz CT molecular complexity index is 498. The summed E-state index contributed by atoms with van der Waals surface area (Å²) in [6.45, 7) is 4.96. The van der Waals surface area contributed by atoms with Crippen molar-refractivity contribution in [2.75, 3.05) is 40.3 Å². The fourth-order valence-corrected chi connectivity index (χ4v) is 3.93. The normalized spacial score (nSPS) is 26.4. The smallest absolute Gasteiger partial charge is 0.163 e. The average Bonchev–Trinajstić information content (AvgIpc) is 2.51. The van der Waals surface area contributed by atoms with Crippen LogP contribution in [0.3, 0.4) is 0 Å². The first kappa shape index (κ1) is 14.7. The molecular weight excluding hydrogens is 264 g/mol. The summed E-state index contributed by atoms with van der Waals surface area (Å²) in [7, 11) is 3.91. The number of hydrogen-bond acceptors (Lipinski definition) is 2. The number of fused-ring (bicyclic) bond motifs is 1. The third-order valence-corrected chi connectivity index (χ3v) is 5.25. The maximum atomic E-state index is 10.1. The number of hydrogen-bond donors (Lipinski definition) is 3. The highest BCUT2D eigenvalue weighted by atomic mass is 16.5. The van der Waals surface area contributed by atoms with Crippen molar-refractivity contribution in [3.63, 3.8) is 0 Å². The van der Waals surface area contributed by atoms with Crippen LogP contribution in [0.25, 0.3) is 0 Å². The third-order valence-electron chi connectivity index (χ3n) is 5.25. The van der Waals surface area contributed by atoms with Crippen molar-refractivity contribution in [2.24, 2.45) is 0 Å². The first-order chi connectivity index (χ1) is 10.2. The third kappa shape index (κ3) is 3.01. The van der Waals surface area contributed by atoms with Gasteiger partial charge in [0.05, 0.1) is 33.8 Å². The number of phenolic OH excluding ortho intramolecular Hbond substituents is 1. The van der Waals surface area contributed by atoms with Crippen molar-refractivity contribution in [3.8, 4) is 11.5 Å². The van der Waals surface area contributed by atoms with Crippen molar-refractivity contribution in [1.29, 1.82) is 0 Å². The van der Waals surface area contributed by atoms with Crippen LogP contribution in [0, 0.1) is 0 Å². The molecule has 0 aromatic heterocycles. The number of quaternary nitrogens is 2. The summed E-state index contributed by atoms with van der Waals surface area (Å²) in [4.78, 5) is 3.30. The Kier molecular flexibility index (Phi) is 4.36. The lowest BCUT2D eigenvalue weighted by Crippen LogP contribution is -3.20. The second kappa shape index (κ2) is 6.24. The van der Waals surface area contributed by atoms with Crippen LogP contribution in [0.15, 0.2) is 12.1 Å². The van der Waals surface area contributed by atoms with Crippen LogP contribution in [0.2, 0.25) is 0 Å². The Morgan fingerprint density at radius 2 is 1.95 bits per heavy atom. The van der Waals surface area contributed by atoms with E-state index >= 15 is 0 Å². The molecule has 0 radical (unpaired) electrons. The molecule has 2 aliphatic heterocycles. The summed E-state index contributed by atoms with van der Waals surface area (Å²) < 4.78 is 5.26. The zero-order chi connectivity index (χ0) is 14.8. The zero-order valence-corrected chi connectivity index (χ0v) is 13.2. The predicted octanol–water partition coefficient (Wildman–Crippen LogP) is -0.418. The largest absolute Gasteiger partial charge is 0.504 e. The molecule has 1 aromatic carbocycles. The number of methoxy groups -OCH3 is 1. The molecular formula is C17H28N2O2+2. The second-order valence-electron chi connectivity index (χ2n) is 6.64. The van der Waals surface area contributed by atoms with Crippen LogP contribution >= 0.6 is 0 Å². The molecule has 2 atom stereocenters. The molecule has 4 heteroatoms. The minimum Gasteiger partial charge on any atom is -0.504 e. The van der Waals surface area contributed by atoms with E-state index in [9.17, 15) is 5.11 Å². The van der Waals surface area contributed by atoms with Crippen LogP contribution in [0.5, 0.6) is 11.5 Å². The fourth-order valence-electron chi connectivity index (χ4n) is 3.93. The number of nitrogens with one attached hydrogen (secondary N) is 2. The maximum absolute atomic E-state index is 10.1. The van der Waals surface area contributed by atoms with Gasteiger partial charge in [0.2, 0.25) is 0 Å². The molecule has 1 aromatic rings. The molecule has 4 nitrogen and oxygen atoms in total. The standard InChI is InChI=1S/C17H26N2O2/c1-18-9-6-13-10-17(21-2)16(20)11-14(13)15(18)12-19-7-4-3-5-8-19/h10-11,15,20H,3-9,12H2,1-2H3/p+2/t15-/m0/s1. The summed E-state index contributed by atoms with van der Waals surface area (Å²) in [5.74, 6) is 0.891. The molecule has 3 N–H and O–H groups in total. The lowest BCUT2D eigenvalue weighted by Gasteiger charge is -2.34. The molecule has 1 saturated heterocycles.